The third-order valence-electron chi connectivity index (χ3n) is 3.75. The summed E-state index contributed by atoms with van der Waals surface area (Å²) in [5.74, 6) is -0.485. The van der Waals surface area contributed by atoms with Crippen LogP contribution in [0, 0.1) is 6.92 Å². The van der Waals surface area contributed by atoms with E-state index in [0.717, 1.165) is 22.8 Å². The number of rotatable bonds is 7. The Bertz CT molecular complexity index is 864. The molecule has 1 aromatic carbocycles. The van der Waals surface area contributed by atoms with Gasteiger partial charge in [-0.15, -0.1) is 0 Å². The molecule has 0 unspecified atom stereocenters. The molecule has 2 aromatic rings. The molecule has 0 spiro atoms. The highest BCUT2D eigenvalue weighted by Crippen LogP contribution is 2.24. The van der Waals surface area contributed by atoms with Crippen LogP contribution in [0.15, 0.2) is 54.9 Å². The van der Waals surface area contributed by atoms with Gasteiger partial charge >= 0.3 is 0 Å². The van der Waals surface area contributed by atoms with E-state index in [0.29, 0.717) is 5.69 Å². The van der Waals surface area contributed by atoms with E-state index in [4.69, 9.17) is 4.84 Å². The molecule has 7 heteroatoms. The van der Waals surface area contributed by atoms with Crippen LogP contribution in [0.3, 0.4) is 0 Å². The van der Waals surface area contributed by atoms with Crippen LogP contribution in [0.1, 0.15) is 40.5 Å². The van der Waals surface area contributed by atoms with Crippen LogP contribution in [0.5, 0.6) is 0 Å². The highest BCUT2D eigenvalue weighted by Gasteiger charge is 2.13. The number of hydrogen-bond donors (Lipinski definition) is 2. The average Bonchev–Trinajstić information content (AvgIpc) is 2.66. The topological polar surface area (TPSA) is 63.2 Å². The lowest BCUT2D eigenvalue weighted by Crippen LogP contribution is -2.13. The number of aromatic nitrogens is 1. The van der Waals surface area contributed by atoms with Gasteiger partial charge in [0.2, 0.25) is 0 Å². The molecule has 0 aliphatic rings. The molecule has 1 amide bonds. The van der Waals surface area contributed by atoms with Crippen LogP contribution in [0.25, 0.3) is 5.57 Å². The molecule has 27 heavy (non-hydrogen) atoms. The van der Waals surface area contributed by atoms with Crippen molar-refractivity contribution in [3.8, 4) is 0 Å². The SMILES string of the molecule is C/C=C\C(=C/NOC)c1cc(NC(=O)c2ccnc(C(F)F)c2)ccc1C. The summed E-state index contributed by atoms with van der Waals surface area (Å²) in [4.78, 5) is 20.8. The summed E-state index contributed by atoms with van der Waals surface area (Å²) < 4.78 is 25.5. The number of hydrogen-bond acceptors (Lipinski definition) is 4. The lowest BCUT2D eigenvalue weighted by Gasteiger charge is -2.12. The molecule has 1 aromatic heterocycles. The van der Waals surface area contributed by atoms with E-state index in [1.165, 1.54) is 19.4 Å². The first-order valence-electron chi connectivity index (χ1n) is 8.24. The van der Waals surface area contributed by atoms with Gasteiger partial charge in [0, 0.05) is 23.6 Å². The number of carbonyl (C=O) groups excluding carboxylic acids is 1. The summed E-state index contributed by atoms with van der Waals surface area (Å²) in [5.41, 5.74) is 5.66. The molecular formula is C20H21F2N3O2. The summed E-state index contributed by atoms with van der Waals surface area (Å²) >= 11 is 0. The minimum atomic E-state index is -2.73. The molecule has 5 nitrogen and oxygen atoms in total. The number of hydroxylamine groups is 1. The van der Waals surface area contributed by atoms with Crippen molar-refractivity contribution in [1.29, 1.82) is 0 Å². The number of benzene rings is 1. The number of alkyl halides is 2. The van der Waals surface area contributed by atoms with Crippen molar-refractivity contribution in [1.82, 2.24) is 10.5 Å². The molecule has 2 rings (SSSR count). The average molecular weight is 373 g/mol. The molecular weight excluding hydrogens is 352 g/mol. The van der Waals surface area contributed by atoms with Gasteiger partial charge in [0.15, 0.2) is 0 Å². The zero-order valence-corrected chi connectivity index (χ0v) is 15.3. The number of allylic oxidation sites excluding steroid dienone is 3. The van der Waals surface area contributed by atoms with Crippen molar-refractivity contribution >= 4 is 17.2 Å². The summed E-state index contributed by atoms with van der Waals surface area (Å²) in [5, 5.41) is 2.73. The van der Waals surface area contributed by atoms with Crippen LogP contribution in [-0.2, 0) is 4.84 Å². The third kappa shape index (κ3) is 5.46. The quantitative estimate of drug-likeness (QED) is 0.548. The van der Waals surface area contributed by atoms with Crippen molar-refractivity contribution < 1.29 is 18.4 Å². The zero-order chi connectivity index (χ0) is 19.8. The Hall–Kier alpha value is -3.06. The van der Waals surface area contributed by atoms with Crippen molar-refractivity contribution in [3.05, 3.63) is 77.3 Å². The first-order valence-corrected chi connectivity index (χ1v) is 8.24. The predicted octanol–water partition coefficient (Wildman–Crippen LogP) is 4.65. The molecule has 0 aliphatic heterocycles. The smallest absolute Gasteiger partial charge is 0.280 e. The number of anilines is 1. The van der Waals surface area contributed by atoms with E-state index in [9.17, 15) is 13.6 Å². The highest BCUT2D eigenvalue weighted by atomic mass is 19.3. The lowest BCUT2D eigenvalue weighted by molar-refractivity contribution is 0.102. The number of aryl methyl sites for hydroxylation is 1. The normalized spacial score (nSPS) is 11.9. The second-order valence-corrected chi connectivity index (χ2v) is 5.68. The molecule has 0 aliphatic carbocycles. The molecule has 1 heterocycles. The Morgan fingerprint density at radius 3 is 2.70 bits per heavy atom. The Labute approximate surface area is 156 Å². The maximum Gasteiger partial charge on any atom is 0.280 e. The fourth-order valence-electron chi connectivity index (χ4n) is 2.44. The van der Waals surface area contributed by atoms with Gasteiger partial charge in [-0.1, -0.05) is 18.2 Å². The van der Waals surface area contributed by atoms with Gasteiger partial charge in [-0.05, 0) is 54.8 Å². The molecule has 0 bridgehead atoms. The predicted molar refractivity (Wildman–Crippen MR) is 101 cm³/mol. The minimum absolute atomic E-state index is 0.118. The fraction of sp³-hybridized carbons (Fsp3) is 0.200. The van der Waals surface area contributed by atoms with Crippen LogP contribution >= 0.6 is 0 Å². The van der Waals surface area contributed by atoms with E-state index in [1.807, 2.05) is 38.1 Å². The van der Waals surface area contributed by atoms with Crippen molar-refractivity contribution in [2.45, 2.75) is 20.3 Å². The van der Waals surface area contributed by atoms with Crippen LogP contribution in [-0.4, -0.2) is 18.0 Å². The van der Waals surface area contributed by atoms with E-state index in [-0.39, 0.29) is 5.56 Å². The number of nitrogens with one attached hydrogen (secondary N) is 2. The molecule has 142 valence electrons. The molecule has 2 N–H and O–H groups in total. The van der Waals surface area contributed by atoms with Crippen molar-refractivity contribution in [3.63, 3.8) is 0 Å². The molecule has 0 saturated heterocycles. The number of nitrogens with zero attached hydrogens (tertiary/aromatic N) is 1. The zero-order valence-electron chi connectivity index (χ0n) is 15.3. The number of halogens is 2. The lowest BCUT2D eigenvalue weighted by atomic mass is 10.00. The molecule has 0 radical (unpaired) electrons. The summed E-state index contributed by atoms with van der Waals surface area (Å²) in [6.07, 6.45) is 3.95. The van der Waals surface area contributed by atoms with Crippen LogP contribution < -0.4 is 10.8 Å². The van der Waals surface area contributed by atoms with Gasteiger partial charge in [0.25, 0.3) is 12.3 Å². The molecule has 0 atom stereocenters. The fourth-order valence-corrected chi connectivity index (χ4v) is 2.44. The summed E-state index contributed by atoms with van der Waals surface area (Å²) in [7, 11) is 1.51. The van der Waals surface area contributed by atoms with E-state index < -0.39 is 18.0 Å². The Morgan fingerprint density at radius 2 is 2.04 bits per heavy atom. The minimum Gasteiger partial charge on any atom is -0.322 e. The Kier molecular flexibility index (Phi) is 7.19. The largest absolute Gasteiger partial charge is 0.322 e. The van der Waals surface area contributed by atoms with E-state index in [2.05, 4.69) is 15.8 Å². The van der Waals surface area contributed by atoms with Crippen molar-refractivity contribution in [2.24, 2.45) is 0 Å². The third-order valence-corrected chi connectivity index (χ3v) is 3.75. The van der Waals surface area contributed by atoms with Gasteiger partial charge in [-0.2, -0.15) is 0 Å². The first kappa shape index (κ1) is 20.3. The Morgan fingerprint density at radius 1 is 1.26 bits per heavy atom. The van der Waals surface area contributed by atoms with Gasteiger partial charge in [-0.25, -0.2) is 8.78 Å². The molecule has 0 saturated carbocycles. The first-order chi connectivity index (χ1) is 13.0. The second-order valence-electron chi connectivity index (χ2n) is 5.68. The van der Waals surface area contributed by atoms with Crippen LogP contribution in [0.4, 0.5) is 14.5 Å². The van der Waals surface area contributed by atoms with Crippen LogP contribution in [0.2, 0.25) is 0 Å². The van der Waals surface area contributed by atoms with Gasteiger partial charge in [0.05, 0.1) is 7.11 Å². The van der Waals surface area contributed by atoms with Gasteiger partial charge < -0.3 is 5.32 Å². The maximum atomic E-state index is 12.8. The number of pyridine rings is 1. The van der Waals surface area contributed by atoms with Gasteiger partial charge in [0.1, 0.15) is 5.69 Å². The van der Waals surface area contributed by atoms with E-state index in [1.54, 1.807) is 12.3 Å². The number of carbonyl (C=O) groups is 1. The Balaban J connectivity index is 2.29. The summed E-state index contributed by atoms with van der Waals surface area (Å²) in [6.45, 7) is 3.84. The second kappa shape index (κ2) is 9.59. The monoisotopic (exact) mass is 373 g/mol. The van der Waals surface area contributed by atoms with Crippen molar-refractivity contribution in [2.75, 3.05) is 12.4 Å². The molecule has 0 fully saturated rings. The highest BCUT2D eigenvalue weighted by molar-refractivity contribution is 6.04. The summed E-state index contributed by atoms with van der Waals surface area (Å²) in [6, 6.07) is 7.91. The van der Waals surface area contributed by atoms with Gasteiger partial charge in [-0.3, -0.25) is 20.1 Å². The number of amides is 1. The maximum absolute atomic E-state index is 12.8. The standard InChI is InChI=1S/C20H21F2N3O2/c1-4-5-15(12-24-27-3)17-11-16(7-6-13(17)2)25-20(26)14-8-9-23-18(10-14)19(21)22/h4-12,19,24H,1-3H3,(H,25,26)/b5-4-,15-12+. The van der Waals surface area contributed by atoms with E-state index >= 15 is 0 Å².